The van der Waals surface area contributed by atoms with Gasteiger partial charge in [-0.3, -0.25) is 9.78 Å². The monoisotopic (exact) mass is 296 g/mol. The Kier molecular flexibility index (Phi) is 3.78. The van der Waals surface area contributed by atoms with E-state index in [-0.39, 0.29) is 11.9 Å². The van der Waals surface area contributed by atoms with Gasteiger partial charge in [-0.2, -0.15) is 0 Å². The fraction of sp³-hybridized carbons (Fsp3) is 0.267. The predicted octanol–water partition coefficient (Wildman–Crippen LogP) is 1.35. The zero-order valence-corrected chi connectivity index (χ0v) is 12.4. The molecule has 0 spiro atoms. The Morgan fingerprint density at radius 1 is 1.27 bits per heavy atom. The van der Waals surface area contributed by atoms with Gasteiger partial charge in [-0.1, -0.05) is 17.3 Å². The highest BCUT2D eigenvalue weighted by Gasteiger charge is 2.13. The van der Waals surface area contributed by atoms with Gasteiger partial charge in [0.1, 0.15) is 11.2 Å². The number of fused-ring (bicyclic) bond motifs is 1. The third kappa shape index (κ3) is 2.93. The second-order valence-electron chi connectivity index (χ2n) is 5.18. The van der Waals surface area contributed by atoms with Crippen LogP contribution >= 0.6 is 0 Å². The van der Waals surface area contributed by atoms with Gasteiger partial charge in [0.2, 0.25) is 0 Å². The lowest BCUT2D eigenvalue weighted by Gasteiger charge is -2.13. The number of aryl methyl sites for hydroxylation is 1. The van der Waals surface area contributed by atoms with Crippen molar-refractivity contribution in [2.45, 2.75) is 26.4 Å². The maximum absolute atomic E-state index is 12.1. The molecule has 1 atom stereocenters. The summed E-state index contributed by atoms with van der Waals surface area (Å²) in [6.07, 6.45) is 3.05. The Balaban J connectivity index is 1.68. The number of benzene rings is 1. The molecule has 0 saturated heterocycles. The van der Waals surface area contributed by atoms with Crippen LogP contribution in [0.25, 0.3) is 11.0 Å². The number of hydrogen-bond donors (Lipinski definition) is 1. The van der Waals surface area contributed by atoms with E-state index in [4.69, 9.17) is 0 Å². The lowest BCUT2D eigenvalue weighted by atomic mass is 10.3. The fourth-order valence-corrected chi connectivity index (χ4v) is 2.16. The van der Waals surface area contributed by atoms with Crippen LogP contribution in [0.2, 0.25) is 0 Å². The van der Waals surface area contributed by atoms with Gasteiger partial charge >= 0.3 is 0 Å². The normalized spacial score (nSPS) is 12.3. The summed E-state index contributed by atoms with van der Waals surface area (Å²) in [5, 5.41) is 11.1. The minimum atomic E-state index is -0.246. The zero-order chi connectivity index (χ0) is 15.5. The number of nitrogens with zero attached hydrogens (tertiary/aromatic N) is 5. The molecule has 0 aliphatic heterocycles. The summed E-state index contributed by atoms with van der Waals surface area (Å²) in [5.74, 6) is -0.246. The molecule has 1 N–H and O–H groups in total. The third-order valence-corrected chi connectivity index (χ3v) is 3.26. The molecule has 2 aromatic heterocycles. The van der Waals surface area contributed by atoms with Crippen LogP contribution in [-0.4, -0.2) is 36.9 Å². The van der Waals surface area contributed by atoms with Gasteiger partial charge in [0.15, 0.2) is 0 Å². The molecule has 112 valence electrons. The van der Waals surface area contributed by atoms with E-state index in [1.807, 2.05) is 38.1 Å². The smallest absolute Gasteiger partial charge is 0.271 e. The average molecular weight is 296 g/mol. The molecule has 7 nitrogen and oxygen atoms in total. The number of para-hydroxylation sites is 1. The molecular formula is C15H16N6O. The first kappa shape index (κ1) is 14.1. The first-order chi connectivity index (χ1) is 10.6. The molecule has 0 bridgehead atoms. The molecule has 22 heavy (non-hydrogen) atoms. The average Bonchev–Trinajstić information content (AvgIpc) is 2.91. The number of carbonyl (C=O) groups excluding carboxylic acids is 1. The summed E-state index contributed by atoms with van der Waals surface area (Å²) in [6, 6.07) is 7.61. The number of nitrogens with one attached hydrogen (secondary N) is 1. The van der Waals surface area contributed by atoms with Crippen molar-refractivity contribution in [3.05, 3.63) is 48.0 Å². The Morgan fingerprint density at radius 2 is 2.09 bits per heavy atom. The van der Waals surface area contributed by atoms with Crippen molar-refractivity contribution in [3.63, 3.8) is 0 Å². The van der Waals surface area contributed by atoms with Crippen LogP contribution in [-0.2, 0) is 6.54 Å². The maximum atomic E-state index is 12.1. The van der Waals surface area contributed by atoms with E-state index in [1.54, 1.807) is 10.9 Å². The molecule has 0 fully saturated rings. The standard InChI is InChI=1S/C15H16N6O/c1-10-7-17-13(8-16-10)15(22)18-11(2)9-21-14-6-4-3-5-12(14)19-20-21/h3-8,11H,9H2,1-2H3,(H,18,22)/t11-/m0/s1. The first-order valence-corrected chi connectivity index (χ1v) is 7.01. The quantitative estimate of drug-likeness (QED) is 0.785. The number of rotatable bonds is 4. The summed E-state index contributed by atoms with van der Waals surface area (Å²) < 4.78 is 1.78. The van der Waals surface area contributed by atoms with E-state index in [1.165, 1.54) is 6.20 Å². The summed E-state index contributed by atoms with van der Waals surface area (Å²) in [4.78, 5) is 20.2. The molecule has 0 radical (unpaired) electrons. The second-order valence-corrected chi connectivity index (χ2v) is 5.18. The van der Waals surface area contributed by atoms with Crippen molar-refractivity contribution < 1.29 is 4.79 Å². The highest BCUT2D eigenvalue weighted by atomic mass is 16.1. The van der Waals surface area contributed by atoms with Crippen molar-refractivity contribution >= 4 is 16.9 Å². The van der Waals surface area contributed by atoms with Gasteiger partial charge < -0.3 is 5.32 Å². The van der Waals surface area contributed by atoms with Crippen LogP contribution in [0.5, 0.6) is 0 Å². The van der Waals surface area contributed by atoms with Crippen molar-refractivity contribution in [2.75, 3.05) is 0 Å². The lowest BCUT2D eigenvalue weighted by molar-refractivity contribution is 0.0930. The molecule has 0 saturated carbocycles. The summed E-state index contributed by atoms with van der Waals surface area (Å²) >= 11 is 0. The van der Waals surface area contributed by atoms with Gasteiger partial charge in [-0.15, -0.1) is 5.10 Å². The third-order valence-electron chi connectivity index (χ3n) is 3.26. The Hall–Kier alpha value is -2.83. The van der Waals surface area contributed by atoms with E-state index in [0.717, 1.165) is 16.7 Å². The molecule has 7 heteroatoms. The zero-order valence-electron chi connectivity index (χ0n) is 12.4. The number of carbonyl (C=O) groups is 1. The van der Waals surface area contributed by atoms with E-state index >= 15 is 0 Å². The first-order valence-electron chi connectivity index (χ1n) is 7.01. The molecule has 1 aromatic carbocycles. The SMILES string of the molecule is Cc1cnc(C(=O)N[C@@H](C)Cn2nnc3ccccc32)cn1. The topological polar surface area (TPSA) is 85.6 Å². The van der Waals surface area contributed by atoms with E-state index in [2.05, 4.69) is 25.6 Å². The molecule has 0 aliphatic rings. The Bertz CT molecular complexity index is 795. The van der Waals surface area contributed by atoms with Crippen LogP contribution in [0.4, 0.5) is 0 Å². The predicted molar refractivity (Wildman–Crippen MR) is 81.2 cm³/mol. The van der Waals surface area contributed by atoms with Crippen molar-refractivity contribution in [2.24, 2.45) is 0 Å². The van der Waals surface area contributed by atoms with Gasteiger partial charge in [0.25, 0.3) is 5.91 Å². The molecule has 3 aromatic rings. The Morgan fingerprint density at radius 3 is 2.86 bits per heavy atom. The maximum Gasteiger partial charge on any atom is 0.271 e. The van der Waals surface area contributed by atoms with Gasteiger partial charge in [-0.25, -0.2) is 9.67 Å². The van der Waals surface area contributed by atoms with E-state index in [9.17, 15) is 4.79 Å². The fourth-order valence-electron chi connectivity index (χ4n) is 2.16. The minimum Gasteiger partial charge on any atom is -0.346 e. The summed E-state index contributed by atoms with van der Waals surface area (Å²) in [7, 11) is 0. The number of hydrogen-bond acceptors (Lipinski definition) is 5. The minimum absolute atomic E-state index is 0.110. The van der Waals surface area contributed by atoms with E-state index in [0.29, 0.717) is 12.2 Å². The van der Waals surface area contributed by atoms with Crippen LogP contribution in [0, 0.1) is 6.92 Å². The van der Waals surface area contributed by atoms with Crippen molar-refractivity contribution in [3.8, 4) is 0 Å². The van der Waals surface area contributed by atoms with Gasteiger partial charge in [0.05, 0.1) is 24.0 Å². The van der Waals surface area contributed by atoms with Gasteiger partial charge in [-0.05, 0) is 26.0 Å². The van der Waals surface area contributed by atoms with Crippen LogP contribution in [0.1, 0.15) is 23.1 Å². The highest BCUT2D eigenvalue weighted by Crippen LogP contribution is 2.10. The number of amides is 1. The van der Waals surface area contributed by atoms with Crippen molar-refractivity contribution in [1.29, 1.82) is 0 Å². The van der Waals surface area contributed by atoms with Gasteiger partial charge in [0, 0.05) is 12.2 Å². The molecular weight excluding hydrogens is 280 g/mol. The van der Waals surface area contributed by atoms with Crippen LogP contribution in [0.15, 0.2) is 36.7 Å². The largest absolute Gasteiger partial charge is 0.346 e. The summed E-state index contributed by atoms with van der Waals surface area (Å²) in [5.41, 5.74) is 2.86. The van der Waals surface area contributed by atoms with Crippen LogP contribution in [0.3, 0.4) is 0 Å². The molecule has 0 aliphatic carbocycles. The van der Waals surface area contributed by atoms with Crippen LogP contribution < -0.4 is 5.32 Å². The highest BCUT2D eigenvalue weighted by molar-refractivity contribution is 5.92. The summed E-state index contributed by atoms with van der Waals surface area (Å²) in [6.45, 7) is 4.27. The molecule has 2 heterocycles. The Labute approximate surface area is 127 Å². The van der Waals surface area contributed by atoms with Crippen molar-refractivity contribution in [1.82, 2.24) is 30.3 Å². The molecule has 1 amide bonds. The molecule has 0 unspecified atom stereocenters. The molecule has 3 rings (SSSR count). The van der Waals surface area contributed by atoms with E-state index < -0.39 is 0 Å². The lowest BCUT2D eigenvalue weighted by Crippen LogP contribution is -2.36. The number of aromatic nitrogens is 5. The second kappa shape index (κ2) is 5.88.